The fourth-order valence-corrected chi connectivity index (χ4v) is 1.39. The van der Waals surface area contributed by atoms with E-state index in [1.54, 1.807) is 25.1 Å². The number of anilines is 1. The first-order valence-corrected chi connectivity index (χ1v) is 5.58. The summed E-state index contributed by atoms with van der Waals surface area (Å²) < 4.78 is 0. The fraction of sp³-hybridized carbons (Fsp3) is 0.222. The summed E-state index contributed by atoms with van der Waals surface area (Å²) in [5.41, 5.74) is 0.562. The van der Waals surface area contributed by atoms with Crippen LogP contribution in [-0.2, 0) is 4.79 Å². The summed E-state index contributed by atoms with van der Waals surface area (Å²) in [5.74, 6) is -0.144. The van der Waals surface area contributed by atoms with E-state index in [0.29, 0.717) is 15.7 Å². The molecule has 0 aliphatic heterocycles. The maximum atomic E-state index is 11.3. The molecule has 0 saturated carbocycles. The topological polar surface area (TPSA) is 29.1 Å². The lowest BCUT2D eigenvalue weighted by Gasteiger charge is -2.08. The molecule has 0 saturated heterocycles. The lowest BCUT2D eigenvalue weighted by molar-refractivity contribution is -0.115. The van der Waals surface area contributed by atoms with E-state index in [2.05, 4.69) is 21.2 Å². The Bertz CT molecular complexity index is 355. The zero-order chi connectivity index (χ0) is 10.7. The number of halogens is 3. The predicted octanol–water partition coefficient (Wildman–Crippen LogP) is 3.72. The summed E-state index contributed by atoms with van der Waals surface area (Å²) in [6.45, 7) is 1.74. The van der Waals surface area contributed by atoms with Crippen LogP contribution in [0.4, 0.5) is 5.69 Å². The minimum Gasteiger partial charge on any atom is -0.324 e. The molecule has 76 valence electrons. The van der Waals surface area contributed by atoms with Gasteiger partial charge in [-0.1, -0.05) is 39.1 Å². The van der Waals surface area contributed by atoms with Gasteiger partial charge >= 0.3 is 0 Å². The van der Waals surface area contributed by atoms with Gasteiger partial charge in [-0.25, -0.2) is 0 Å². The van der Waals surface area contributed by atoms with Gasteiger partial charge in [-0.05, 0) is 25.1 Å². The van der Waals surface area contributed by atoms with Gasteiger partial charge in [0, 0.05) is 5.02 Å². The van der Waals surface area contributed by atoms with Gasteiger partial charge in [-0.15, -0.1) is 0 Å². The van der Waals surface area contributed by atoms with Crippen molar-refractivity contribution in [2.75, 3.05) is 5.32 Å². The third-order valence-electron chi connectivity index (χ3n) is 1.55. The Morgan fingerprint density at radius 1 is 1.50 bits per heavy atom. The Hall–Kier alpha value is -0.250. The highest BCUT2D eigenvalue weighted by Gasteiger charge is 2.10. The molecule has 1 atom stereocenters. The second-order valence-electron chi connectivity index (χ2n) is 2.73. The number of hydrogen-bond acceptors (Lipinski definition) is 1. The van der Waals surface area contributed by atoms with Gasteiger partial charge in [-0.2, -0.15) is 0 Å². The Morgan fingerprint density at radius 2 is 2.14 bits per heavy atom. The van der Waals surface area contributed by atoms with Gasteiger partial charge < -0.3 is 5.32 Å². The third-order valence-corrected chi connectivity index (χ3v) is 2.51. The summed E-state index contributed by atoms with van der Waals surface area (Å²) >= 11 is 14.7. The largest absolute Gasteiger partial charge is 0.324 e. The molecule has 0 bridgehead atoms. The quantitative estimate of drug-likeness (QED) is 0.828. The number of alkyl halides is 1. The van der Waals surface area contributed by atoms with Crippen molar-refractivity contribution in [3.8, 4) is 0 Å². The first-order chi connectivity index (χ1) is 6.50. The van der Waals surface area contributed by atoms with E-state index < -0.39 is 0 Å². The molecule has 1 aromatic rings. The van der Waals surface area contributed by atoms with Crippen LogP contribution in [0.1, 0.15) is 6.92 Å². The molecule has 0 unspecified atom stereocenters. The van der Waals surface area contributed by atoms with E-state index in [1.807, 2.05) is 0 Å². The second-order valence-corrected chi connectivity index (χ2v) is 4.95. The third kappa shape index (κ3) is 3.15. The Balaban J connectivity index is 2.82. The zero-order valence-corrected chi connectivity index (χ0v) is 10.4. The average Bonchev–Trinajstić information content (AvgIpc) is 2.09. The zero-order valence-electron chi connectivity index (χ0n) is 7.35. The van der Waals surface area contributed by atoms with Gasteiger partial charge in [0.1, 0.15) is 0 Å². The first kappa shape index (κ1) is 11.8. The number of nitrogens with one attached hydrogen (secondary N) is 1. The maximum absolute atomic E-state index is 11.3. The normalized spacial score (nSPS) is 12.3. The number of rotatable bonds is 2. The molecule has 1 aromatic carbocycles. The molecule has 5 heteroatoms. The summed E-state index contributed by atoms with van der Waals surface area (Å²) in [6, 6.07) is 4.91. The molecule has 1 amide bonds. The molecule has 1 rings (SSSR count). The molecule has 0 aliphatic carbocycles. The van der Waals surface area contributed by atoms with Crippen molar-refractivity contribution in [3.63, 3.8) is 0 Å². The van der Waals surface area contributed by atoms with Crippen molar-refractivity contribution >= 4 is 50.7 Å². The Kier molecular flexibility index (Phi) is 4.23. The average molecular weight is 297 g/mol. The van der Waals surface area contributed by atoms with Crippen LogP contribution in [0.5, 0.6) is 0 Å². The molecule has 0 heterocycles. The van der Waals surface area contributed by atoms with Crippen LogP contribution in [0.15, 0.2) is 18.2 Å². The van der Waals surface area contributed by atoms with Crippen LogP contribution in [0.2, 0.25) is 10.0 Å². The van der Waals surface area contributed by atoms with E-state index >= 15 is 0 Å². The predicted molar refractivity (Wildman–Crippen MR) is 63.5 cm³/mol. The standard InChI is InChI=1S/C9H8BrCl2NO/c1-5(10)9(14)13-8-3-2-6(11)4-7(8)12/h2-5H,1H3,(H,13,14)/t5-/m0/s1. The minimum atomic E-state index is -0.255. The van der Waals surface area contributed by atoms with Crippen molar-refractivity contribution < 1.29 is 4.79 Å². The Morgan fingerprint density at radius 3 is 2.64 bits per heavy atom. The highest BCUT2D eigenvalue weighted by Crippen LogP contribution is 2.25. The van der Waals surface area contributed by atoms with Crippen molar-refractivity contribution in [2.45, 2.75) is 11.8 Å². The Labute approximate surface area is 101 Å². The molecule has 0 aliphatic rings. The van der Waals surface area contributed by atoms with Crippen LogP contribution in [0, 0.1) is 0 Å². The molecule has 2 nitrogen and oxygen atoms in total. The molecule has 1 N–H and O–H groups in total. The first-order valence-electron chi connectivity index (χ1n) is 3.90. The SMILES string of the molecule is C[C@H](Br)C(=O)Nc1ccc(Cl)cc1Cl. The lowest BCUT2D eigenvalue weighted by atomic mass is 10.3. The minimum absolute atomic E-state index is 0.144. The number of hydrogen-bond donors (Lipinski definition) is 1. The van der Waals surface area contributed by atoms with Crippen LogP contribution in [0.25, 0.3) is 0 Å². The second kappa shape index (κ2) is 5.01. The van der Waals surface area contributed by atoms with Gasteiger partial charge in [0.2, 0.25) is 5.91 Å². The van der Waals surface area contributed by atoms with Crippen LogP contribution < -0.4 is 5.32 Å². The van der Waals surface area contributed by atoms with E-state index in [0.717, 1.165) is 0 Å². The van der Waals surface area contributed by atoms with Crippen molar-refractivity contribution in [3.05, 3.63) is 28.2 Å². The lowest BCUT2D eigenvalue weighted by Crippen LogP contribution is -2.19. The molecule has 0 radical (unpaired) electrons. The number of carbonyl (C=O) groups is 1. The van der Waals surface area contributed by atoms with E-state index in [4.69, 9.17) is 23.2 Å². The molecular weight excluding hydrogens is 289 g/mol. The van der Waals surface area contributed by atoms with Gasteiger partial charge in [0.05, 0.1) is 15.5 Å². The molecular formula is C9H8BrCl2NO. The summed E-state index contributed by atoms with van der Waals surface area (Å²) in [4.78, 5) is 11.0. The van der Waals surface area contributed by atoms with Gasteiger partial charge in [0.25, 0.3) is 0 Å². The number of carbonyl (C=O) groups excluding carboxylic acids is 1. The van der Waals surface area contributed by atoms with E-state index in [1.165, 1.54) is 0 Å². The summed E-state index contributed by atoms with van der Waals surface area (Å²) in [7, 11) is 0. The van der Waals surface area contributed by atoms with Crippen LogP contribution in [0.3, 0.4) is 0 Å². The van der Waals surface area contributed by atoms with Crippen molar-refractivity contribution in [1.29, 1.82) is 0 Å². The summed E-state index contributed by atoms with van der Waals surface area (Å²) in [5, 5.41) is 3.63. The number of benzene rings is 1. The molecule has 0 fully saturated rings. The molecule has 14 heavy (non-hydrogen) atoms. The molecule has 0 spiro atoms. The molecule has 0 aromatic heterocycles. The maximum Gasteiger partial charge on any atom is 0.237 e. The van der Waals surface area contributed by atoms with E-state index in [9.17, 15) is 4.79 Å². The van der Waals surface area contributed by atoms with Crippen molar-refractivity contribution in [2.24, 2.45) is 0 Å². The van der Waals surface area contributed by atoms with E-state index in [-0.39, 0.29) is 10.7 Å². The van der Waals surface area contributed by atoms with Gasteiger partial charge in [0.15, 0.2) is 0 Å². The smallest absolute Gasteiger partial charge is 0.237 e. The monoisotopic (exact) mass is 295 g/mol. The van der Waals surface area contributed by atoms with Crippen LogP contribution >= 0.6 is 39.1 Å². The highest BCUT2D eigenvalue weighted by atomic mass is 79.9. The summed E-state index contributed by atoms with van der Waals surface area (Å²) in [6.07, 6.45) is 0. The van der Waals surface area contributed by atoms with Crippen LogP contribution in [-0.4, -0.2) is 10.7 Å². The number of amides is 1. The van der Waals surface area contributed by atoms with Crippen molar-refractivity contribution in [1.82, 2.24) is 0 Å². The van der Waals surface area contributed by atoms with Gasteiger partial charge in [-0.3, -0.25) is 4.79 Å². The fourth-order valence-electron chi connectivity index (χ4n) is 0.823. The highest BCUT2D eigenvalue weighted by molar-refractivity contribution is 9.10.